The molecule has 0 radical (unpaired) electrons. The van der Waals surface area contributed by atoms with Crippen LogP contribution in [0.3, 0.4) is 0 Å². The molecule has 0 saturated carbocycles. The molecule has 0 fully saturated rings. The van der Waals surface area contributed by atoms with Gasteiger partial charge in [-0.25, -0.2) is 9.97 Å². The predicted molar refractivity (Wildman–Crippen MR) is 117 cm³/mol. The zero-order valence-electron chi connectivity index (χ0n) is 16.5. The van der Waals surface area contributed by atoms with E-state index in [-0.39, 0.29) is 5.91 Å². The Bertz CT molecular complexity index is 1250. The number of aromatic nitrogens is 3. The number of hydrogen-bond donors (Lipinski definition) is 1. The van der Waals surface area contributed by atoms with E-state index in [1.165, 1.54) is 0 Å². The van der Waals surface area contributed by atoms with Crippen LogP contribution >= 0.6 is 11.6 Å². The van der Waals surface area contributed by atoms with Crippen LogP contribution in [0, 0.1) is 0 Å². The lowest BCUT2D eigenvalue weighted by molar-refractivity contribution is 0.0950. The third-order valence-corrected chi connectivity index (χ3v) is 5.31. The van der Waals surface area contributed by atoms with Crippen molar-refractivity contribution in [3.63, 3.8) is 0 Å². The van der Waals surface area contributed by atoms with Crippen molar-refractivity contribution in [1.29, 1.82) is 0 Å². The van der Waals surface area contributed by atoms with Gasteiger partial charge in [0.25, 0.3) is 5.91 Å². The Balaban J connectivity index is 1.29. The highest BCUT2D eigenvalue weighted by atomic mass is 35.5. The van der Waals surface area contributed by atoms with Crippen LogP contribution in [0.5, 0.6) is 11.5 Å². The molecule has 3 heterocycles. The average molecular weight is 435 g/mol. The van der Waals surface area contributed by atoms with E-state index in [1.54, 1.807) is 24.7 Å². The number of carbonyl (C=O) groups excluding carboxylic acids is 1. The molecule has 0 atom stereocenters. The van der Waals surface area contributed by atoms with Crippen molar-refractivity contribution in [2.75, 3.05) is 13.2 Å². The van der Waals surface area contributed by atoms with Gasteiger partial charge in [-0.1, -0.05) is 29.8 Å². The second-order valence-corrected chi connectivity index (χ2v) is 7.55. The van der Waals surface area contributed by atoms with Crippen LogP contribution in [0.4, 0.5) is 0 Å². The summed E-state index contributed by atoms with van der Waals surface area (Å²) in [7, 11) is 0. The second-order valence-electron chi connectivity index (χ2n) is 7.15. The van der Waals surface area contributed by atoms with Gasteiger partial charge in [0.05, 0.1) is 29.3 Å². The summed E-state index contributed by atoms with van der Waals surface area (Å²) < 4.78 is 13.2. The summed E-state index contributed by atoms with van der Waals surface area (Å²) in [5.41, 5.74) is 3.20. The topological polar surface area (TPSA) is 78.3 Å². The molecule has 1 N–H and O–H groups in total. The molecule has 2 aromatic heterocycles. The number of rotatable bonds is 4. The molecule has 2 aromatic carbocycles. The molecule has 31 heavy (non-hydrogen) atoms. The number of nitrogens with one attached hydrogen (secondary N) is 1. The fourth-order valence-electron chi connectivity index (χ4n) is 3.45. The van der Waals surface area contributed by atoms with E-state index < -0.39 is 0 Å². The number of halogens is 1. The number of benzene rings is 2. The lowest BCUT2D eigenvalue weighted by Gasteiger charge is -2.12. The average Bonchev–Trinajstić information content (AvgIpc) is 3.08. The number of nitrogens with zero attached hydrogens (tertiary/aromatic N) is 3. The Hall–Kier alpha value is -3.58. The maximum absolute atomic E-state index is 12.6. The Morgan fingerprint density at radius 3 is 2.84 bits per heavy atom. The molecule has 8 heteroatoms. The molecular weight excluding hydrogens is 416 g/mol. The Labute approximate surface area is 183 Å². The first-order valence-corrected chi connectivity index (χ1v) is 10.3. The second kappa shape index (κ2) is 8.28. The minimum atomic E-state index is -0.248. The summed E-state index contributed by atoms with van der Waals surface area (Å²) >= 11 is 6.29. The molecule has 156 valence electrons. The van der Waals surface area contributed by atoms with E-state index in [0.29, 0.717) is 41.8 Å². The van der Waals surface area contributed by atoms with E-state index in [2.05, 4.69) is 15.3 Å². The standard InChI is InChI=1S/C23H19ClN4O3/c24-17-10-16(11-20-22(17)31-9-3-8-30-20)23(29)26-13-15-6-7-21(25-12-15)28-14-27-18-4-1-2-5-19(18)28/h1-2,4-7,10-12,14H,3,8-9,13H2,(H,26,29). The number of hydrogen-bond acceptors (Lipinski definition) is 5. The minimum absolute atomic E-state index is 0.248. The summed E-state index contributed by atoms with van der Waals surface area (Å²) in [5.74, 6) is 1.50. The first-order valence-electron chi connectivity index (χ1n) is 9.94. The van der Waals surface area contributed by atoms with Gasteiger partial charge in [0.15, 0.2) is 11.5 Å². The quantitative estimate of drug-likeness (QED) is 0.521. The van der Waals surface area contributed by atoms with E-state index in [0.717, 1.165) is 28.8 Å². The Kier molecular flexibility index (Phi) is 5.18. The highest BCUT2D eigenvalue weighted by Gasteiger charge is 2.18. The summed E-state index contributed by atoms with van der Waals surface area (Å²) in [4.78, 5) is 21.6. The van der Waals surface area contributed by atoms with Crippen LogP contribution in [-0.4, -0.2) is 33.7 Å². The normalized spacial score (nSPS) is 13.1. The largest absolute Gasteiger partial charge is 0.489 e. The Morgan fingerprint density at radius 1 is 1.10 bits per heavy atom. The highest BCUT2D eigenvalue weighted by Crippen LogP contribution is 2.38. The van der Waals surface area contributed by atoms with Crippen molar-refractivity contribution in [2.45, 2.75) is 13.0 Å². The maximum atomic E-state index is 12.6. The van der Waals surface area contributed by atoms with Gasteiger partial charge in [0.1, 0.15) is 12.1 Å². The first kappa shape index (κ1) is 19.4. The van der Waals surface area contributed by atoms with Gasteiger partial charge in [-0.05, 0) is 35.9 Å². The zero-order valence-corrected chi connectivity index (χ0v) is 17.3. The van der Waals surface area contributed by atoms with Gasteiger partial charge in [0, 0.05) is 24.7 Å². The molecule has 5 rings (SSSR count). The van der Waals surface area contributed by atoms with Crippen molar-refractivity contribution in [2.24, 2.45) is 0 Å². The van der Waals surface area contributed by atoms with Crippen molar-refractivity contribution < 1.29 is 14.3 Å². The smallest absolute Gasteiger partial charge is 0.251 e. The molecular formula is C23H19ClN4O3. The predicted octanol–water partition coefficient (Wildman–Crippen LogP) is 4.17. The van der Waals surface area contributed by atoms with Gasteiger partial charge < -0.3 is 14.8 Å². The molecule has 1 aliphatic rings. The Morgan fingerprint density at radius 2 is 1.97 bits per heavy atom. The number of amides is 1. The lowest BCUT2D eigenvalue weighted by atomic mass is 10.1. The van der Waals surface area contributed by atoms with Crippen molar-refractivity contribution in [3.8, 4) is 17.3 Å². The summed E-state index contributed by atoms with van der Waals surface area (Å²) in [6.45, 7) is 1.40. The molecule has 0 spiro atoms. The molecule has 0 bridgehead atoms. The summed E-state index contributed by atoms with van der Waals surface area (Å²) in [6.07, 6.45) is 4.26. The molecule has 0 saturated heterocycles. The van der Waals surface area contributed by atoms with Crippen LogP contribution in [0.2, 0.25) is 5.02 Å². The fourth-order valence-corrected chi connectivity index (χ4v) is 3.72. The van der Waals surface area contributed by atoms with E-state index in [4.69, 9.17) is 21.1 Å². The molecule has 4 aromatic rings. The van der Waals surface area contributed by atoms with Gasteiger partial charge in [-0.2, -0.15) is 0 Å². The number of carbonyl (C=O) groups is 1. The van der Waals surface area contributed by atoms with E-state index in [1.807, 2.05) is 41.0 Å². The monoisotopic (exact) mass is 434 g/mol. The fraction of sp³-hybridized carbons (Fsp3) is 0.174. The minimum Gasteiger partial charge on any atom is -0.489 e. The third kappa shape index (κ3) is 3.92. The SMILES string of the molecule is O=C(NCc1ccc(-n2cnc3ccccc32)nc1)c1cc(Cl)c2c(c1)OCCCO2. The van der Waals surface area contributed by atoms with Crippen molar-refractivity contribution in [1.82, 2.24) is 19.9 Å². The van der Waals surface area contributed by atoms with Crippen LogP contribution < -0.4 is 14.8 Å². The van der Waals surface area contributed by atoms with Crippen LogP contribution in [0.15, 0.2) is 61.1 Å². The van der Waals surface area contributed by atoms with Gasteiger partial charge in [0.2, 0.25) is 0 Å². The summed E-state index contributed by atoms with van der Waals surface area (Å²) in [5, 5.41) is 3.26. The van der Waals surface area contributed by atoms with Crippen LogP contribution in [-0.2, 0) is 6.54 Å². The van der Waals surface area contributed by atoms with Crippen LogP contribution in [0.25, 0.3) is 16.9 Å². The lowest BCUT2D eigenvalue weighted by Crippen LogP contribution is -2.23. The molecule has 7 nitrogen and oxygen atoms in total. The summed E-state index contributed by atoms with van der Waals surface area (Å²) in [6, 6.07) is 15.0. The van der Waals surface area contributed by atoms with Crippen molar-refractivity contribution in [3.05, 3.63) is 77.2 Å². The van der Waals surface area contributed by atoms with E-state index >= 15 is 0 Å². The number of imidazole rings is 1. The number of pyridine rings is 1. The molecule has 0 aliphatic carbocycles. The zero-order chi connectivity index (χ0) is 21.2. The van der Waals surface area contributed by atoms with Gasteiger partial charge >= 0.3 is 0 Å². The first-order chi connectivity index (χ1) is 15.2. The van der Waals surface area contributed by atoms with Crippen molar-refractivity contribution >= 4 is 28.5 Å². The van der Waals surface area contributed by atoms with Gasteiger partial charge in [-0.15, -0.1) is 0 Å². The number of para-hydroxylation sites is 2. The van der Waals surface area contributed by atoms with Gasteiger partial charge in [-0.3, -0.25) is 9.36 Å². The molecule has 1 aliphatic heterocycles. The highest BCUT2D eigenvalue weighted by molar-refractivity contribution is 6.32. The van der Waals surface area contributed by atoms with E-state index in [9.17, 15) is 4.79 Å². The number of fused-ring (bicyclic) bond motifs is 2. The number of ether oxygens (including phenoxy) is 2. The van der Waals surface area contributed by atoms with Crippen LogP contribution in [0.1, 0.15) is 22.3 Å². The third-order valence-electron chi connectivity index (χ3n) is 5.03. The molecule has 0 unspecified atom stereocenters. The maximum Gasteiger partial charge on any atom is 0.251 e. The molecule has 1 amide bonds.